The van der Waals surface area contributed by atoms with Crippen LogP contribution in [0.5, 0.6) is 0 Å². The van der Waals surface area contributed by atoms with Gasteiger partial charge in [-0.25, -0.2) is 4.98 Å². The monoisotopic (exact) mass is 203 g/mol. The summed E-state index contributed by atoms with van der Waals surface area (Å²) in [5, 5.41) is 10.6. The van der Waals surface area contributed by atoms with Crippen molar-refractivity contribution in [1.29, 1.82) is 0 Å². The number of nitrogens with zero attached hydrogens (tertiary/aromatic N) is 3. The zero-order chi connectivity index (χ0) is 10.8. The predicted molar refractivity (Wildman–Crippen MR) is 55.0 cm³/mol. The van der Waals surface area contributed by atoms with Gasteiger partial charge in [0, 0.05) is 24.5 Å². The maximum Gasteiger partial charge on any atom is 0.271 e. The molecule has 0 saturated carbocycles. The topological polar surface area (TPSA) is 61.0 Å². The molecular formula is C10H9N3O2. The summed E-state index contributed by atoms with van der Waals surface area (Å²) in [6, 6.07) is 6.46. The minimum absolute atomic E-state index is 0.0839. The minimum atomic E-state index is -0.407. The fourth-order valence-corrected chi connectivity index (χ4v) is 1.41. The zero-order valence-electron chi connectivity index (χ0n) is 8.12. The van der Waals surface area contributed by atoms with Crippen LogP contribution in [-0.4, -0.2) is 14.5 Å². The first-order chi connectivity index (χ1) is 7.18. The number of aromatic nitrogens is 2. The second-order valence-corrected chi connectivity index (χ2v) is 3.12. The molecule has 0 aliphatic carbocycles. The molecule has 0 atom stereocenters. The summed E-state index contributed by atoms with van der Waals surface area (Å²) in [4.78, 5) is 14.2. The number of rotatable bonds is 2. The Labute approximate surface area is 86.1 Å². The molecule has 0 aliphatic rings. The molecule has 0 bridgehead atoms. The summed E-state index contributed by atoms with van der Waals surface area (Å²) >= 11 is 0. The van der Waals surface area contributed by atoms with E-state index in [1.807, 2.05) is 13.0 Å². The lowest BCUT2D eigenvalue weighted by atomic mass is 10.3. The van der Waals surface area contributed by atoms with Gasteiger partial charge >= 0.3 is 0 Å². The van der Waals surface area contributed by atoms with Gasteiger partial charge in [0.05, 0.1) is 10.6 Å². The smallest absolute Gasteiger partial charge is 0.271 e. The third-order valence-corrected chi connectivity index (χ3v) is 2.14. The van der Waals surface area contributed by atoms with E-state index in [0.29, 0.717) is 0 Å². The number of hydrogen-bond donors (Lipinski definition) is 0. The van der Waals surface area contributed by atoms with Gasteiger partial charge in [0.25, 0.3) is 5.69 Å². The molecule has 5 heteroatoms. The Hall–Kier alpha value is -2.17. The lowest BCUT2D eigenvalue weighted by Crippen LogP contribution is -1.96. The fourth-order valence-electron chi connectivity index (χ4n) is 1.41. The molecule has 0 amide bonds. The summed E-state index contributed by atoms with van der Waals surface area (Å²) in [5.41, 5.74) is 0.833. The number of imidazole rings is 1. The lowest BCUT2D eigenvalue weighted by molar-refractivity contribution is -0.384. The predicted octanol–water partition coefficient (Wildman–Crippen LogP) is 2.09. The normalized spacial score (nSPS) is 10.2. The largest absolute Gasteiger partial charge is 0.304 e. The Bertz CT molecular complexity index is 505. The van der Waals surface area contributed by atoms with E-state index in [1.54, 1.807) is 23.0 Å². The fraction of sp³-hybridized carbons (Fsp3) is 0.100. The Morgan fingerprint density at radius 3 is 2.87 bits per heavy atom. The Kier molecular flexibility index (Phi) is 2.21. The van der Waals surface area contributed by atoms with Crippen LogP contribution in [0.1, 0.15) is 5.82 Å². The molecule has 1 aromatic heterocycles. The van der Waals surface area contributed by atoms with Gasteiger partial charge in [-0.05, 0) is 13.0 Å². The van der Waals surface area contributed by atoms with E-state index in [0.717, 1.165) is 11.5 Å². The molecule has 0 radical (unpaired) electrons. The molecule has 1 heterocycles. The SMILES string of the molecule is Cc1nccn1-c1cccc([N+](=O)[O-])c1. The van der Waals surface area contributed by atoms with Gasteiger partial charge in [-0.1, -0.05) is 6.07 Å². The summed E-state index contributed by atoms with van der Waals surface area (Å²) in [7, 11) is 0. The van der Waals surface area contributed by atoms with Crippen LogP contribution >= 0.6 is 0 Å². The van der Waals surface area contributed by atoms with Crippen molar-refractivity contribution in [2.75, 3.05) is 0 Å². The molecule has 0 fully saturated rings. The maximum absolute atomic E-state index is 10.6. The summed E-state index contributed by atoms with van der Waals surface area (Å²) in [6.07, 6.45) is 3.43. The number of hydrogen-bond acceptors (Lipinski definition) is 3. The third kappa shape index (κ3) is 1.71. The van der Waals surface area contributed by atoms with Crippen LogP contribution in [0.3, 0.4) is 0 Å². The molecule has 1 aromatic carbocycles. The molecule has 0 spiro atoms. The zero-order valence-corrected chi connectivity index (χ0v) is 8.12. The van der Waals surface area contributed by atoms with Gasteiger partial charge in [-0.3, -0.25) is 10.1 Å². The number of non-ortho nitro benzene ring substituents is 1. The van der Waals surface area contributed by atoms with Gasteiger partial charge in [-0.2, -0.15) is 0 Å². The van der Waals surface area contributed by atoms with Gasteiger partial charge in [-0.15, -0.1) is 0 Å². The van der Waals surface area contributed by atoms with E-state index in [-0.39, 0.29) is 5.69 Å². The molecular weight excluding hydrogens is 194 g/mol. The van der Waals surface area contributed by atoms with E-state index >= 15 is 0 Å². The lowest BCUT2D eigenvalue weighted by Gasteiger charge is -2.03. The van der Waals surface area contributed by atoms with Crippen molar-refractivity contribution in [2.24, 2.45) is 0 Å². The van der Waals surface area contributed by atoms with E-state index in [2.05, 4.69) is 4.98 Å². The highest BCUT2D eigenvalue weighted by molar-refractivity contribution is 5.43. The first-order valence-electron chi connectivity index (χ1n) is 4.43. The highest BCUT2D eigenvalue weighted by Crippen LogP contribution is 2.17. The number of nitro groups is 1. The Morgan fingerprint density at radius 2 is 2.27 bits per heavy atom. The van der Waals surface area contributed by atoms with Crippen LogP contribution in [0, 0.1) is 17.0 Å². The van der Waals surface area contributed by atoms with Crippen molar-refractivity contribution in [1.82, 2.24) is 9.55 Å². The third-order valence-electron chi connectivity index (χ3n) is 2.14. The molecule has 0 N–H and O–H groups in total. The highest BCUT2D eigenvalue weighted by atomic mass is 16.6. The second kappa shape index (κ2) is 3.53. The van der Waals surface area contributed by atoms with Gasteiger partial charge in [0.1, 0.15) is 5.82 Å². The second-order valence-electron chi connectivity index (χ2n) is 3.12. The van der Waals surface area contributed by atoms with Crippen molar-refractivity contribution in [2.45, 2.75) is 6.92 Å². The molecule has 2 rings (SSSR count). The standard InChI is InChI=1S/C10H9N3O2/c1-8-11-5-6-12(8)9-3-2-4-10(7-9)13(14)15/h2-7H,1H3. The minimum Gasteiger partial charge on any atom is -0.304 e. The summed E-state index contributed by atoms with van der Waals surface area (Å²) in [6.45, 7) is 1.85. The first kappa shape index (κ1) is 9.39. The number of nitro benzene ring substituents is 1. The summed E-state index contributed by atoms with van der Waals surface area (Å²) in [5.74, 6) is 0.801. The Balaban J connectivity index is 2.50. The molecule has 15 heavy (non-hydrogen) atoms. The number of benzene rings is 1. The molecule has 76 valence electrons. The van der Waals surface area contributed by atoms with Gasteiger partial charge < -0.3 is 4.57 Å². The highest BCUT2D eigenvalue weighted by Gasteiger charge is 2.07. The molecule has 0 aliphatic heterocycles. The van der Waals surface area contributed by atoms with Crippen LogP contribution in [0.25, 0.3) is 5.69 Å². The van der Waals surface area contributed by atoms with Crippen LogP contribution < -0.4 is 0 Å². The van der Waals surface area contributed by atoms with Crippen molar-refractivity contribution in [3.8, 4) is 5.69 Å². The summed E-state index contributed by atoms with van der Waals surface area (Å²) < 4.78 is 1.80. The number of aryl methyl sites for hydroxylation is 1. The van der Waals surface area contributed by atoms with Gasteiger partial charge in [0.15, 0.2) is 0 Å². The molecule has 0 saturated heterocycles. The molecule has 0 unspecified atom stereocenters. The van der Waals surface area contributed by atoms with Crippen molar-refractivity contribution >= 4 is 5.69 Å². The van der Waals surface area contributed by atoms with Crippen LogP contribution in [-0.2, 0) is 0 Å². The first-order valence-corrected chi connectivity index (χ1v) is 4.43. The quantitative estimate of drug-likeness (QED) is 0.554. The van der Waals surface area contributed by atoms with Crippen molar-refractivity contribution in [3.63, 3.8) is 0 Å². The van der Waals surface area contributed by atoms with Crippen LogP contribution in [0.4, 0.5) is 5.69 Å². The van der Waals surface area contributed by atoms with Crippen molar-refractivity contribution < 1.29 is 4.92 Å². The van der Waals surface area contributed by atoms with Crippen LogP contribution in [0.2, 0.25) is 0 Å². The van der Waals surface area contributed by atoms with E-state index in [4.69, 9.17) is 0 Å². The molecule has 2 aromatic rings. The molecule has 5 nitrogen and oxygen atoms in total. The van der Waals surface area contributed by atoms with Crippen molar-refractivity contribution in [3.05, 3.63) is 52.6 Å². The van der Waals surface area contributed by atoms with E-state index < -0.39 is 4.92 Å². The average Bonchev–Trinajstić information content (AvgIpc) is 2.64. The maximum atomic E-state index is 10.6. The van der Waals surface area contributed by atoms with Crippen LogP contribution in [0.15, 0.2) is 36.7 Å². The van der Waals surface area contributed by atoms with Gasteiger partial charge in [0.2, 0.25) is 0 Å². The van der Waals surface area contributed by atoms with E-state index in [9.17, 15) is 10.1 Å². The van der Waals surface area contributed by atoms with E-state index in [1.165, 1.54) is 12.1 Å². The Morgan fingerprint density at radius 1 is 1.47 bits per heavy atom. The average molecular weight is 203 g/mol.